The Morgan fingerprint density at radius 3 is 2.81 bits per heavy atom. The Bertz CT molecular complexity index is 511. The summed E-state index contributed by atoms with van der Waals surface area (Å²) in [6.07, 6.45) is 2.87. The van der Waals surface area contributed by atoms with E-state index in [0.717, 1.165) is 35.1 Å². The third-order valence-corrected chi connectivity index (χ3v) is 3.03. The van der Waals surface area contributed by atoms with Gasteiger partial charge in [-0.15, -0.1) is 0 Å². The van der Waals surface area contributed by atoms with Crippen molar-refractivity contribution in [2.45, 2.75) is 26.2 Å². The molecule has 1 heterocycles. The van der Waals surface area contributed by atoms with Crippen LogP contribution in [-0.2, 0) is 6.42 Å². The van der Waals surface area contributed by atoms with Gasteiger partial charge in [-0.05, 0) is 12.5 Å². The number of benzene rings is 1. The van der Waals surface area contributed by atoms with Crippen molar-refractivity contribution in [1.29, 1.82) is 0 Å². The van der Waals surface area contributed by atoms with E-state index in [0.29, 0.717) is 10.5 Å². The van der Waals surface area contributed by atoms with Crippen molar-refractivity contribution in [3.05, 3.63) is 46.3 Å². The minimum atomic E-state index is 0.654. The number of aromatic nitrogens is 1. The van der Waals surface area contributed by atoms with E-state index < -0.39 is 0 Å². The van der Waals surface area contributed by atoms with Crippen LogP contribution in [0.25, 0.3) is 10.9 Å². The molecule has 0 fully saturated rings. The molecule has 0 N–H and O–H groups in total. The van der Waals surface area contributed by atoms with Gasteiger partial charge in [0.15, 0.2) is 5.69 Å². The van der Waals surface area contributed by atoms with Crippen LogP contribution in [0.4, 0.5) is 0 Å². The molecule has 1 aromatic carbocycles. The van der Waals surface area contributed by atoms with Crippen LogP contribution in [0, 0.1) is 5.21 Å². The fourth-order valence-corrected chi connectivity index (χ4v) is 2.11. The molecule has 3 heteroatoms. The Kier molecular flexibility index (Phi) is 3.30. The predicted molar refractivity (Wildman–Crippen MR) is 66.5 cm³/mol. The summed E-state index contributed by atoms with van der Waals surface area (Å²) in [5.74, 6) is 0. The highest BCUT2D eigenvalue weighted by molar-refractivity contribution is 6.35. The first-order valence-corrected chi connectivity index (χ1v) is 5.91. The van der Waals surface area contributed by atoms with Gasteiger partial charge in [0.25, 0.3) is 0 Å². The number of para-hydroxylation sites is 1. The minimum Gasteiger partial charge on any atom is -0.618 e. The lowest BCUT2D eigenvalue weighted by Gasteiger charge is -2.08. The van der Waals surface area contributed by atoms with Crippen LogP contribution in [0.2, 0.25) is 5.02 Å². The number of aryl methyl sites for hydroxylation is 1. The summed E-state index contributed by atoms with van der Waals surface area (Å²) in [6, 6.07) is 9.21. The molecule has 0 aliphatic rings. The summed E-state index contributed by atoms with van der Waals surface area (Å²) in [7, 11) is 0. The highest BCUT2D eigenvalue weighted by Crippen LogP contribution is 2.22. The van der Waals surface area contributed by atoms with Crippen molar-refractivity contribution < 1.29 is 4.73 Å². The molecule has 1 aromatic heterocycles. The van der Waals surface area contributed by atoms with Crippen LogP contribution in [0.3, 0.4) is 0 Å². The van der Waals surface area contributed by atoms with Gasteiger partial charge >= 0.3 is 0 Å². The highest BCUT2D eigenvalue weighted by Gasteiger charge is 2.13. The molecule has 84 valence electrons. The van der Waals surface area contributed by atoms with E-state index in [4.69, 9.17) is 11.6 Å². The fourth-order valence-electron chi connectivity index (χ4n) is 1.82. The highest BCUT2D eigenvalue weighted by atomic mass is 35.5. The molecular weight excluding hydrogens is 222 g/mol. The molecule has 2 rings (SSSR count). The van der Waals surface area contributed by atoms with Crippen molar-refractivity contribution in [2.24, 2.45) is 0 Å². The molecule has 0 unspecified atom stereocenters. The Morgan fingerprint density at radius 1 is 1.31 bits per heavy atom. The zero-order valence-electron chi connectivity index (χ0n) is 9.24. The van der Waals surface area contributed by atoms with Gasteiger partial charge in [0, 0.05) is 18.6 Å². The molecule has 0 aliphatic heterocycles. The average molecular weight is 236 g/mol. The lowest BCUT2D eigenvalue weighted by Crippen LogP contribution is -2.32. The van der Waals surface area contributed by atoms with Gasteiger partial charge in [0.2, 0.25) is 5.52 Å². The van der Waals surface area contributed by atoms with Crippen LogP contribution < -0.4 is 4.73 Å². The lowest BCUT2D eigenvalue weighted by molar-refractivity contribution is -0.586. The van der Waals surface area contributed by atoms with Crippen molar-refractivity contribution >= 4 is 22.5 Å². The van der Waals surface area contributed by atoms with E-state index in [2.05, 4.69) is 6.92 Å². The molecule has 0 saturated heterocycles. The number of rotatable bonds is 3. The largest absolute Gasteiger partial charge is 0.618 e. The SMILES string of the molecule is CCCCc1cc(Cl)c2ccccc2[n+]1[O-]. The maximum atomic E-state index is 12.0. The van der Waals surface area contributed by atoms with Crippen LogP contribution in [-0.4, -0.2) is 0 Å². The average Bonchev–Trinajstić information content (AvgIpc) is 2.32. The summed E-state index contributed by atoms with van der Waals surface area (Å²) < 4.78 is 0.997. The molecule has 0 radical (unpaired) electrons. The van der Waals surface area contributed by atoms with Gasteiger partial charge in [-0.25, -0.2) is 0 Å². The van der Waals surface area contributed by atoms with Crippen molar-refractivity contribution in [1.82, 2.24) is 0 Å². The third-order valence-electron chi connectivity index (χ3n) is 2.72. The Labute approximate surface area is 100 Å². The van der Waals surface area contributed by atoms with Gasteiger partial charge in [-0.3, -0.25) is 0 Å². The van der Waals surface area contributed by atoms with Gasteiger partial charge in [0.05, 0.1) is 10.4 Å². The van der Waals surface area contributed by atoms with Crippen molar-refractivity contribution in [3.8, 4) is 0 Å². The van der Waals surface area contributed by atoms with E-state index >= 15 is 0 Å². The molecule has 2 nitrogen and oxygen atoms in total. The number of hydrogen-bond donors (Lipinski definition) is 0. The first kappa shape index (κ1) is 11.2. The number of nitrogens with zero attached hydrogens (tertiary/aromatic N) is 1. The molecule has 16 heavy (non-hydrogen) atoms. The first-order valence-electron chi connectivity index (χ1n) is 5.53. The van der Waals surface area contributed by atoms with E-state index in [1.165, 1.54) is 0 Å². The maximum absolute atomic E-state index is 12.0. The Morgan fingerprint density at radius 2 is 2.06 bits per heavy atom. The van der Waals surface area contributed by atoms with Crippen LogP contribution >= 0.6 is 11.6 Å². The summed E-state index contributed by atoms with van der Waals surface area (Å²) in [6.45, 7) is 2.11. The second-order valence-electron chi connectivity index (χ2n) is 3.90. The normalized spacial score (nSPS) is 10.9. The van der Waals surface area contributed by atoms with Crippen molar-refractivity contribution in [3.63, 3.8) is 0 Å². The third kappa shape index (κ3) is 1.98. The first-order chi connectivity index (χ1) is 7.74. The summed E-state index contributed by atoms with van der Waals surface area (Å²) >= 11 is 6.16. The van der Waals surface area contributed by atoms with Crippen LogP contribution in [0.15, 0.2) is 30.3 Å². The number of hydrogen-bond acceptors (Lipinski definition) is 1. The number of fused-ring (bicyclic) bond motifs is 1. The molecule has 0 amide bonds. The maximum Gasteiger partial charge on any atom is 0.225 e. The second kappa shape index (κ2) is 4.71. The minimum absolute atomic E-state index is 0.654. The lowest BCUT2D eigenvalue weighted by atomic mass is 10.1. The van der Waals surface area contributed by atoms with Crippen molar-refractivity contribution in [2.75, 3.05) is 0 Å². The zero-order valence-corrected chi connectivity index (χ0v) is 10.00. The summed E-state index contributed by atoms with van der Waals surface area (Å²) in [5, 5.41) is 13.5. The van der Waals surface area contributed by atoms with Gasteiger partial charge in [-0.1, -0.05) is 37.1 Å². The van der Waals surface area contributed by atoms with Gasteiger partial charge < -0.3 is 5.21 Å². The van der Waals surface area contributed by atoms with E-state index in [1.807, 2.05) is 24.3 Å². The monoisotopic (exact) mass is 235 g/mol. The topological polar surface area (TPSA) is 26.9 Å². The molecule has 0 aliphatic carbocycles. The van der Waals surface area contributed by atoms with E-state index in [1.54, 1.807) is 6.07 Å². The van der Waals surface area contributed by atoms with Gasteiger partial charge in [0.1, 0.15) is 0 Å². The molecule has 0 spiro atoms. The molecule has 0 bridgehead atoms. The number of pyridine rings is 1. The predicted octanol–water partition coefficient (Wildman–Crippen LogP) is 3.47. The summed E-state index contributed by atoms with van der Waals surface area (Å²) in [4.78, 5) is 0. The number of unbranched alkanes of at least 4 members (excludes halogenated alkanes) is 1. The van der Waals surface area contributed by atoms with E-state index in [-0.39, 0.29) is 0 Å². The molecular formula is C13H14ClNO. The second-order valence-corrected chi connectivity index (χ2v) is 4.31. The standard InChI is InChI=1S/C13H14ClNO/c1-2-3-6-10-9-12(14)11-7-4-5-8-13(11)15(10)16/h4-5,7-9H,2-3,6H2,1H3. The van der Waals surface area contributed by atoms with Crippen LogP contribution in [0.5, 0.6) is 0 Å². The number of halogens is 1. The Balaban J connectivity index is 2.56. The Hall–Kier alpha value is -1.28. The fraction of sp³-hybridized carbons (Fsp3) is 0.308. The molecule has 0 atom stereocenters. The smallest absolute Gasteiger partial charge is 0.225 e. The zero-order chi connectivity index (χ0) is 11.5. The van der Waals surface area contributed by atoms with Gasteiger partial charge in [-0.2, -0.15) is 4.73 Å². The molecule has 0 saturated carbocycles. The summed E-state index contributed by atoms with van der Waals surface area (Å²) in [5.41, 5.74) is 1.41. The van der Waals surface area contributed by atoms with E-state index in [9.17, 15) is 5.21 Å². The van der Waals surface area contributed by atoms with Crippen LogP contribution in [0.1, 0.15) is 25.5 Å². The molecule has 2 aromatic rings. The quantitative estimate of drug-likeness (QED) is 0.591.